The Morgan fingerprint density at radius 1 is 1.03 bits per heavy atom. The van der Waals surface area contributed by atoms with Crippen LogP contribution in [0.15, 0.2) is 66.8 Å². The number of rotatable bonds is 5. The minimum atomic E-state index is -0.289. The average molecular weight is 480 g/mol. The number of nitrogens with one attached hydrogen (secondary N) is 1. The predicted molar refractivity (Wildman–Crippen MR) is 114 cm³/mol. The molecule has 5 rings (SSSR count). The molecule has 2 aromatic carbocycles. The molecule has 0 aliphatic rings. The van der Waals surface area contributed by atoms with Crippen LogP contribution in [0, 0.1) is 6.92 Å². The van der Waals surface area contributed by atoms with Crippen molar-refractivity contribution in [3.05, 3.63) is 75.1 Å². The minimum absolute atomic E-state index is 0.197. The molecule has 0 aliphatic carbocycles. The molecule has 0 unspecified atom stereocenters. The van der Waals surface area contributed by atoms with Gasteiger partial charge in [-0.1, -0.05) is 26.2 Å². The van der Waals surface area contributed by atoms with Crippen molar-refractivity contribution in [2.75, 3.05) is 0 Å². The summed E-state index contributed by atoms with van der Waals surface area (Å²) in [7, 11) is 0. The second-order valence-corrected chi connectivity index (χ2v) is 7.63. The molecule has 1 N–H and O–H groups in total. The molecular weight excluding hydrogens is 466 g/mol. The molecule has 3 heterocycles. The average Bonchev–Trinajstić information content (AvgIpc) is 3.42. The zero-order chi connectivity index (χ0) is 21.4. The van der Waals surface area contributed by atoms with Gasteiger partial charge in [-0.05, 0) is 48.5 Å². The third-order valence-electron chi connectivity index (χ3n) is 4.51. The number of fused-ring (bicyclic) bond motifs is 1. The van der Waals surface area contributed by atoms with Crippen LogP contribution in [0.25, 0.3) is 33.7 Å². The topological polar surface area (TPSA) is 120 Å². The summed E-state index contributed by atoms with van der Waals surface area (Å²) in [6.45, 7) is 1.91. The van der Waals surface area contributed by atoms with Gasteiger partial charge in [0.05, 0.1) is 5.56 Å². The number of ether oxygens (including phenoxy) is 1. The monoisotopic (exact) mass is 479 g/mol. The summed E-state index contributed by atoms with van der Waals surface area (Å²) in [4.78, 5) is 23.8. The number of hydrogen-bond donors (Lipinski definition) is 1. The zero-order valence-electron chi connectivity index (χ0n) is 16.1. The van der Waals surface area contributed by atoms with Crippen LogP contribution in [0.1, 0.15) is 11.7 Å². The third-order valence-corrected chi connectivity index (χ3v) is 5.01. The molecule has 5 aromatic rings. The lowest BCUT2D eigenvalue weighted by molar-refractivity contribution is 0.285. The van der Waals surface area contributed by atoms with E-state index in [1.165, 1.54) is 0 Å². The Bertz CT molecular complexity index is 1440. The minimum Gasteiger partial charge on any atom is -0.485 e. The predicted octanol–water partition coefficient (Wildman–Crippen LogP) is 4.28. The Morgan fingerprint density at radius 3 is 2.65 bits per heavy atom. The van der Waals surface area contributed by atoms with Gasteiger partial charge in [0.1, 0.15) is 5.75 Å². The molecule has 0 bridgehead atoms. The van der Waals surface area contributed by atoms with Crippen molar-refractivity contribution in [3.8, 4) is 28.6 Å². The summed E-state index contributed by atoms with van der Waals surface area (Å²) in [5.74, 6) is 2.09. The van der Waals surface area contributed by atoms with Crippen molar-refractivity contribution < 1.29 is 13.8 Å². The van der Waals surface area contributed by atoms with Gasteiger partial charge in [-0.15, -0.1) is 0 Å². The van der Waals surface area contributed by atoms with Crippen molar-refractivity contribution in [1.82, 2.24) is 25.3 Å². The molecule has 31 heavy (non-hydrogen) atoms. The van der Waals surface area contributed by atoms with Gasteiger partial charge in [-0.25, -0.2) is 0 Å². The van der Waals surface area contributed by atoms with E-state index in [-0.39, 0.29) is 18.0 Å². The first-order valence-corrected chi connectivity index (χ1v) is 10.0. The van der Waals surface area contributed by atoms with Gasteiger partial charge in [0.2, 0.25) is 17.5 Å². The lowest BCUT2D eigenvalue weighted by Gasteiger charge is -2.03. The van der Waals surface area contributed by atoms with Crippen LogP contribution in [0.5, 0.6) is 5.75 Å². The highest BCUT2D eigenvalue weighted by Gasteiger charge is 2.15. The molecule has 0 aliphatic heterocycles. The van der Waals surface area contributed by atoms with Crippen molar-refractivity contribution in [2.45, 2.75) is 13.5 Å². The fourth-order valence-electron chi connectivity index (χ4n) is 3.04. The van der Waals surface area contributed by atoms with E-state index >= 15 is 0 Å². The van der Waals surface area contributed by atoms with E-state index in [0.29, 0.717) is 34.5 Å². The second-order valence-electron chi connectivity index (χ2n) is 6.71. The van der Waals surface area contributed by atoms with Gasteiger partial charge in [-0.2, -0.15) is 9.97 Å². The quantitative estimate of drug-likeness (QED) is 0.396. The molecule has 9 nitrogen and oxygen atoms in total. The molecule has 10 heteroatoms. The van der Waals surface area contributed by atoms with Gasteiger partial charge in [0, 0.05) is 27.9 Å². The Kier molecular flexibility index (Phi) is 4.83. The van der Waals surface area contributed by atoms with Gasteiger partial charge in [0.25, 0.3) is 11.4 Å². The number of H-pyrrole nitrogens is 1. The number of aryl methyl sites for hydroxylation is 1. The number of pyridine rings is 1. The van der Waals surface area contributed by atoms with Crippen LogP contribution < -0.4 is 10.3 Å². The smallest absolute Gasteiger partial charge is 0.259 e. The van der Waals surface area contributed by atoms with Gasteiger partial charge >= 0.3 is 0 Å². The van der Waals surface area contributed by atoms with Gasteiger partial charge in [0.15, 0.2) is 6.61 Å². The summed E-state index contributed by atoms with van der Waals surface area (Å²) in [5.41, 5.74) is 1.47. The van der Waals surface area contributed by atoms with Crippen LogP contribution >= 0.6 is 15.9 Å². The van der Waals surface area contributed by atoms with Crippen molar-refractivity contribution in [1.29, 1.82) is 0 Å². The maximum absolute atomic E-state index is 12.5. The largest absolute Gasteiger partial charge is 0.485 e. The molecule has 0 amide bonds. The lowest BCUT2D eigenvalue weighted by Crippen LogP contribution is -2.09. The number of benzene rings is 2. The molecule has 3 aromatic heterocycles. The lowest BCUT2D eigenvalue weighted by atomic mass is 10.1. The van der Waals surface area contributed by atoms with E-state index in [0.717, 1.165) is 15.4 Å². The maximum atomic E-state index is 12.5. The van der Waals surface area contributed by atoms with Crippen LogP contribution in [0.4, 0.5) is 0 Å². The number of halogens is 1. The Labute approximate surface area is 183 Å². The van der Waals surface area contributed by atoms with Crippen LogP contribution in [-0.4, -0.2) is 25.3 Å². The highest BCUT2D eigenvalue weighted by molar-refractivity contribution is 9.10. The second kappa shape index (κ2) is 7.80. The summed E-state index contributed by atoms with van der Waals surface area (Å²) >= 11 is 3.43. The Hall–Kier alpha value is -3.79. The highest BCUT2D eigenvalue weighted by Crippen LogP contribution is 2.25. The van der Waals surface area contributed by atoms with E-state index in [9.17, 15) is 4.79 Å². The van der Waals surface area contributed by atoms with Crippen LogP contribution in [0.3, 0.4) is 0 Å². The summed E-state index contributed by atoms with van der Waals surface area (Å²) in [6, 6.07) is 14.5. The normalized spacial score (nSPS) is 11.2. The van der Waals surface area contributed by atoms with Gasteiger partial charge in [-0.3, -0.25) is 4.79 Å². The van der Waals surface area contributed by atoms with E-state index in [1.807, 2.05) is 18.2 Å². The number of hydrogen-bond acceptors (Lipinski definition) is 8. The first-order valence-electron chi connectivity index (χ1n) is 9.24. The van der Waals surface area contributed by atoms with Crippen LogP contribution in [-0.2, 0) is 6.61 Å². The SMILES string of the molecule is Cc1nc(COc2ccc(-c3nc(-c4cc5cc(Br)ccc5[nH]c4=O)no3)cc2)no1. The highest BCUT2D eigenvalue weighted by atomic mass is 79.9. The van der Waals surface area contributed by atoms with Crippen molar-refractivity contribution in [2.24, 2.45) is 0 Å². The molecule has 0 fully saturated rings. The first-order chi connectivity index (χ1) is 15.0. The zero-order valence-corrected chi connectivity index (χ0v) is 17.7. The number of aromatic amines is 1. The van der Waals surface area contributed by atoms with E-state index in [4.69, 9.17) is 13.8 Å². The molecule has 0 radical (unpaired) electrons. The van der Waals surface area contributed by atoms with Crippen LogP contribution in [0.2, 0.25) is 0 Å². The van der Waals surface area contributed by atoms with Gasteiger partial charge < -0.3 is 18.8 Å². The molecular formula is C21H14BrN5O4. The number of aromatic nitrogens is 5. The van der Waals surface area contributed by atoms with Crippen molar-refractivity contribution >= 4 is 26.8 Å². The standard InChI is InChI=1S/C21H14BrN5O4/c1-11-23-18(26-30-11)10-29-15-5-2-12(3-6-15)21-25-19(27-31-21)16-9-13-8-14(22)4-7-17(13)24-20(16)28/h2-9H,10H2,1H3,(H,24,28). The molecule has 0 atom stereocenters. The fraction of sp³-hybridized carbons (Fsp3) is 0.0952. The molecule has 0 saturated carbocycles. The third kappa shape index (κ3) is 3.97. The molecule has 0 spiro atoms. The maximum Gasteiger partial charge on any atom is 0.259 e. The molecule has 0 saturated heterocycles. The first kappa shape index (κ1) is 19.2. The van der Waals surface area contributed by atoms with Crippen molar-refractivity contribution in [3.63, 3.8) is 0 Å². The Morgan fingerprint density at radius 2 is 1.87 bits per heavy atom. The number of nitrogens with zero attached hydrogens (tertiary/aromatic N) is 4. The Balaban J connectivity index is 1.37. The summed E-state index contributed by atoms with van der Waals surface area (Å²) in [6.07, 6.45) is 0. The van der Waals surface area contributed by atoms with E-state index < -0.39 is 0 Å². The summed E-state index contributed by atoms with van der Waals surface area (Å²) < 4.78 is 16.8. The van der Waals surface area contributed by atoms with E-state index in [1.54, 1.807) is 37.3 Å². The summed E-state index contributed by atoms with van der Waals surface area (Å²) in [5, 5.41) is 8.62. The fourth-order valence-corrected chi connectivity index (χ4v) is 3.41. The molecule has 154 valence electrons. The van der Waals surface area contributed by atoms with E-state index in [2.05, 4.69) is 41.2 Å².